The number of aromatic nitrogens is 2. The van der Waals surface area contributed by atoms with Gasteiger partial charge in [-0.1, -0.05) is 12.1 Å². The first kappa shape index (κ1) is 20.2. The van der Waals surface area contributed by atoms with Crippen molar-refractivity contribution in [1.29, 1.82) is 0 Å². The Morgan fingerprint density at radius 3 is 2.72 bits per heavy atom. The molecule has 7 nitrogen and oxygen atoms in total. The molecule has 2 aromatic heterocycles. The van der Waals surface area contributed by atoms with E-state index in [9.17, 15) is 14.0 Å². The monoisotopic (exact) mass is 451 g/mol. The van der Waals surface area contributed by atoms with Gasteiger partial charge in [0.1, 0.15) is 17.2 Å². The number of carbonyl (C=O) groups excluding carboxylic acids is 1. The van der Waals surface area contributed by atoms with Crippen LogP contribution in [0.3, 0.4) is 0 Å². The molecule has 0 radical (unpaired) electrons. The minimum absolute atomic E-state index is 0.199. The van der Waals surface area contributed by atoms with Crippen LogP contribution in [-0.2, 0) is 11.3 Å². The van der Waals surface area contributed by atoms with Crippen LogP contribution in [0.1, 0.15) is 6.42 Å². The van der Waals surface area contributed by atoms with E-state index in [1.165, 1.54) is 34.4 Å². The summed E-state index contributed by atoms with van der Waals surface area (Å²) >= 11 is 1.33. The maximum absolute atomic E-state index is 13.3. The lowest BCUT2D eigenvalue weighted by atomic mass is 10.1. The van der Waals surface area contributed by atoms with E-state index in [1.54, 1.807) is 30.3 Å². The predicted octanol–water partition coefficient (Wildman–Crippen LogP) is 4.06. The van der Waals surface area contributed by atoms with Crippen LogP contribution in [0.25, 0.3) is 21.3 Å². The third-order valence-electron chi connectivity index (χ3n) is 5.06. The third-order valence-corrected chi connectivity index (χ3v) is 5.95. The molecule has 4 aromatic rings. The van der Waals surface area contributed by atoms with Crippen molar-refractivity contribution < 1.29 is 18.7 Å². The van der Waals surface area contributed by atoms with Crippen LogP contribution in [0.5, 0.6) is 11.5 Å². The van der Waals surface area contributed by atoms with Gasteiger partial charge in [-0.2, -0.15) is 0 Å². The van der Waals surface area contributed by atoms with Gasteiger partial charge in [0.25, 0.3) is 5.56 Å². The number of anilines is 1. The van der Waals surface area contributed by atoms with Gasteiger partial charge in [0.2, 0.25) is 5.91 Å². The summed E-state index contributed by atoms with van der Waals surface area (Å²) in [6, 6.07) is 11.1. The van der Waals surface area contributed by atoms with E-state index in [-0.39, 0.29) is 23.8 Å². The number of rotatable bonds is 4. The van der Waals surface area contributed by atoms with E-state index < -0.39 is 0 Å². The molecule has 0 saturated heterocycles. The van der Waals surface area contributed by atoms with Gasteiger partial charge in [0.05, 0.1) is 24.9 Å². The van der Waals surface area contributed by atoms with Gasteiger partial charge in [0, 0.05) is 29.1 Å². The van der Waals surface area contributed by atoms with E-state index in [2.05, 4.69) is 10.3 Å². The highest BCUT2D eigenvalue weighted by atomic mass is 32.1. The second kappa shape index (κ2) is 8.43. The molecule has 0 fully saturated rings. The number of amides is 1. The Morgan fingerprint density at radius 2 is 1.91 bits per heavy atom. The average molecular weight is 451 g/mol. The summed E-state index contributed by atoms with van der Waals surface area (Å²) in [4.78, 5) is 30.6. The number of fused-ring (bicyclic) bond motifs is 2. The van der Waals surface area contributed by atoms with E-state index in [4.69, 9.17) is 9.47 Å². The molecule has 3 heterocycles. The number of ether oxygens (including phenoxy) is 2. The van der Waals surface area contributed by atoms with Gasteiger partial charge in [-0.3, -0.25) is 14.2 Å². The first-order valence-corrected chi connectivity index (χ1v) is 10.9. The molecule has 0 saturated carbocycles. The fourth-order valence-electron chi connectivity index (χ4n) is 3.52. The van der Waals surface area contributed by atoms with Gasteiger partial charge < -0.3 is 14.8 Å². The zero-order valence-electron chi connectivity index (χ0n) is 16.8. The minimum Gasteiger partial charge on any atom is -0.490 e. The molecule has 0 spiro atoms. The van der Waals surface area contributed by atoms with Gasteiger partial charge in [-0.15, -0.1) is 11.3 Å². The van der Waals surface area contributed by atoms with Crippen LogP contribution in [0.15, 0.2) is 59.0 Å². The maximum Gasteiger partial charge on any atom is 0.263 e. The number of thiophene rings is 1. The number of carbonyl (C=O) groups is 1. The van der Waals surface area contributed by atoms with Gasteiger partial charge >= 0.3 is 0 Å². The Labute approximate surface area is 186 Å². The Morgan fingerprint density at radius 1 is 1.12 bits per heavy atom. The molecular formula is C23H18FN3O4S. The van der Waals surface area contributed by atoms with Crippen molar-refractivity contribution >= 4 is 33.1 Å². The quantitative estimate of drug-likeness (QED) is 0.506. The molecular weight excluding hydrogens is 433 g/mol. The Balaban J connectivity index is 1.39. The lowest BCUT2D eigenvalue weighted by Crippen LogP contribution is -2.27. The summed E-state index contributed by atoms with van der Waals surface area (Å²) in [5.41, 5.74) is 1.60. The average Bonchev–Trinajstić information content (AvgIpc) is 3.08. The van der Waals surface area contributed by atoms with Gasteiger partial charge in [-0.05, 0) is 29.8 Å². The number of halogens is 1. The largest absolute Gasteiger partial charge is 0.490 e. The second-order valence-corrected chi connectivity index (χ2v) is 8.13. The number of benzene rings is 2. The molecule has 162 valence electrons. The number of hydrogen-bond donors (Lipinski definition) is 1. The molecule has 1 amide bonds. The molecule has 2 aromatic carbocycles. The Kier molecular flexibility index (Phi) is 5.32. The van der Waals surface area contributed by atoms with E-state index in [1.807, 2.05) is 5.38 Å². The van der Waals surface area contributed by atoms with Crippen molar-refractivity contribution in [1.82, 2.24) is 9.55 Å². The highest BCUT2D eigenvalue weighted by Gasteiger charge is 2.16. The van der Waals surface area contributed by atoms with Crippen LogP contribution in [0.2, 0.25) is 0 Å². The normalized spacial score (nSPS) is 13.0. The van der Waals surface area contributed by atoms with Crippen molar-refractivity contribution in [2.24, 2.45) is 0 Å². The standard InChI is InChI=1S/C23H18FN3O4S/c24-15-4-2-14(3-5-15)17-12-32-22-21(17)23(29)27(13-25-22)11-20(28)26-16-6-7-18-19(10-16)31-9-1-8-30-18/h2-7,10,12-13H,1,8-9,11H2,(H,26,28). The van der Waals surface area contributed by atoms with Crippen LogP contribution in [0.4, 0.5) is 10.1 Å². The fourth-order valence-corrected chi connectivity index (χ4v) is 4.42. The zero-order chi connectivity index (χ0) is 22.1. The molecule has 9 heteroatoms. The number of hydrogen-bond acceptors (Lipinski definition) is 6. The second-order valence-electron chi connectivity index (χ2n) is 7.27. The fraction of sp³-hybridized carbons (Fsp3) is 0.174. The number of nitrogens with one attached hydrogen (secondary N) is 1. The number of nitrogens with zero attached hydrogens (tertiary/aromatic N) is 2. The summed E-state index contributed by atoms with van der Waals surface area (Å²) in [6.07, 6.45) is 2.15. The minimum atomic E-state index is -0.374. The molecule has 0 aliphatic carbocycles. The van der Waals surface area contributed by atoms with Crippen LogP contribution in [0, 0.1) is 5.82 Å². The third kappa shape index (κ3) is 3.94. The molecule has 5 rings (SSSR count). The van der Waals surface area contributed by atoms with Crippen molar-refractivity contribution in [2.45, 2.75) is 13.0 Å². The maximum atomic E-state index is 13.3. The summed E-state index contributed by atoms with van der Waals surface area (Å²) in [6.45, 7) is 0.928. The predicted molar refractivity (Wildman–Crippen MR) is 120 cm³/mol. The van der Waals surface area contributed by atoms with Crippen molar-refractivity contribution in [3.05, 3.63) is 70.3 Å². The van der Waals surface area contributed by atoms with Crippen LogP contribution in [-0.4, -0.2) is 28.7 Å². The lowest BCUT2D eigenvalue weighted by Gasteiger charge is -2.11. The molecule has 1 aliphatic rings. The Hall–Kier alpha value is -3.72. The van der Waals surface area contributed by atoms with Crippen molar-refractivity contribution in [2.75, 3.05) is 18.5 Å². The molecule has 32 heavy (non-hydrogen) atoms. The Bertz CT molecular complexity index is 1360. The van der Waals surface area contributed by atoms with E-state index in [0.717, 1.165) is 6.42 Å². The van der Waals surface area contributed by atoms with Gasteiger partial charge in [-0.25, -0.2) is 9.37 Å². The summed E-state index contributed by atoms with van der Waals surface area (Å²) in [7, 11) is 0. The molecule has 0 bridgehead atoms. The van der Waals surface area contributed by atoms with Crippen molar-refractivity contribution in [3.63, 3.8) is 0 Å². The lowest BCUT2D eigenvalue weighted by molar-refractivity contribution is -0.116. The first-order valence-electron chi connectivity index (χ1n) is 10.0. The first-order chi connectivity index (χ1) is 15.6. The van der Waals surface area contributed by atoms with Gasteiger partial charge in [0.15, 0.2) is 11.5 Å². The topological polar surface area (TPSA) is 82.5 Å². The van der Waals surface area contributed by atoms with E-state index in [0.29, 0.717) is 51.7 Å². The molecule has 0 unspecified atom stereocenters. The highest BCUT2D eigenvalue weighted by Crippen LogP contribution is 2.32. The zero-order valence-corrected chi connectivity index (χ0v) is 17.7. The van der Waals surface area contributed by atoms with Crippen molar-refractivity contribution in [3.8, 4) is 22.6 Å². The van der Waals surface area contributed by atoms with E-state index >= 15 is 0 Å². The smallest absolute Gasteiger partial charge is 0.263 e. The molecule has 0 atom stereocenters. The SMILES string of the molecule is O=C(Cn1cnc2scc(-c3ccc(F)cc3)c2c1=O)Nc1ccc2c(c1)OCCCO2. The molecule has 1 aliphatic heterocycles. The highest BCUT2D eigenvalue weighted by molar-refractivity contribution is 7.17. The summed E-state index contributed by atoms with van der Waals surface area (Å²) < 4.78 is 25.8. The summed E-state index contributed by atoms with van der Waals surface area (Å²) in [5, 5.41) is 5.01. The van der Waals surface area contributed by atoms with Crippen LogP contribution < -0.4 is 20.3 Å². The molecule has 1 N–H and O–H groups in total. The van der Waals surface area contributed by atoms with Crippen LogP contribution >= 0.6 is 11.3 Å². The summed E-state index contributed by atoms with van der Waals surface area (Å²) in [5.74, 6) is 0.483.